The zero-order valence-corrected chi connectivity index (χ0v) is 11.4. The predicted molar refractivity (Wildman–Crippen MR) is 71.6 cm³/mol. The SMILES string of the molecule is CNc1c(Cl)c(Cl)c(Cl)c(Cl)c1NCCO. The van der Waals surface area contributed by atoms with Gasteiger partial charge in [0.2, 0.25) is 0 Å². The summed E-state index contributed by atoms with van der Waals surface area (Å²) in [5.41, 5.74) is 1.08. The molecule has 0 radical (unpaired) electrons. The van der Waals surface area contributed by atoms with Crippen molar-refractivity contribution in [3.63, 3.8) is 0 Å². The van der Waals surface area contributed by atoms with Gasteiger partial charge in [-0.1, -0.05) is 46.4 Å². The van der Waals surface area contributed by atoms with Crippen LogP contribution in [0, 0.1) is 0 Å². The molecule has 0 bridgehead atoms. The van der Waals surface area contributed by atoms with Crippen LogP contribution in [-0.2, 0) is 0 Å². The quantitative estimate of drug-likeness (QED) is 0.586. The summed E-state index contributed by atoms with van der Waals surface area (Å²) >= 11 is 23.9. The molecule has 0 unspecified atom stereocenters. The normalized spacial score (nSPS) is 10.4. The highest BCUT2D eigenvalue weighted by Gasteiger charge is 2.19. The van der Waals surface area contributed by atoms with E-state index >= 15 is 0 Å². The molecule has 0 fully saturated rings. The first-order chi connectivity index (χ1) is 7.54. The summed E-state index contributed by atoms with van der Waals surface area (Å²) in [6.45, 7) is 0.306. The highest BCUT2D eigenvalue weighted by atomic mass is 35.5. The summed E-state index contributed by atoms with van der Waals surface area (Å²) in [6, 6.07) is 0. The zero-order valence-electron chi connectivity index (χ0n) is 8.37. The summed E-state index contributed by atoms with van der Waals surface area (Å²) in [4.78, 5) is 0. The van der Waals surface area contributed by atoms with Gasteiger partial charge in [0, 0.05) is 13.6 Å². The van der Waals surface area contributed by atoms with Crippen molar-refractivity contribution >= 4 is 57.8 Å². The van der Waals surface area contributed by atoms with Crippen molar-refractivity contribution < 1.29 is 5.11 Å². The van der Waals surface area contributed by atoms with Gasteiger partial charge in [-0.05, 0) is 0 Å². The number of hydrogen-bond acceptors (Lipinski definition) is 3. The number of hydrogen-bond donors (Lipinski definition) is 3. The fourth-order valence-electron chi connectivity index (χ4n) is 1.21. The van der Waals surface area contributed by atoms with Gasteiger partial charge in [0.15, 0.2) is 0 Å². The van der Waals surface area contributed by atoms with Crippen molar-refractivity contribution in [1.82, 2.24) is 0 Å². The van der Waals surface area contributed by atoms with E-state index in [0.29, 0.717) is 22.9 Å². The van der Waals surface area contributed by atoms with Crippen molar-refractivity contribution in [2.24, 2.45) is 0 Å². The molecule has 0 aliphatic heterocycles. The first kappa shape index (κ1) is 14.0. The molecule has 0 saturated carbocycles. The molecule has 0 saturated heterocycles. The molecule has 1 rings (SSSR count). The standard InChI is InChI=1S/C9H10Cl4N2O/c1-14-8-6(12)4(10)5(11)7(13)9(8)15-2-3-16/h14-16H,2-3H2,1H3. The molecule has 0 aliphatic rings. The van der Waals surface area contributed by atoms with Crippen LogP contribution in [0.5, 0.6) is 0 Å². The minimum absolute atomic E-state index is 0.0304. The Morgan fingerprint density at radius 3 is 1.88 bits per heavy atom. The maximum absolute atomic E-state index is 8.76. The summed E-state index contributed by atoms with van der Waals surface area (Å²) in [5, 5.41) is 15.5. The van der Waals surface area contributed by atoms with Crippen LogP contribution >= 0.6 is 46.4 Å². The Kier molecular flexibility index (Phi) is 5.28. The molecule has 1 aromatic rings. The Morgan fingerprint density at radius 2 is 1.44 bits per heavy atom. The lowest BCUT2D eigenvalue weighted by molar-refractivity contribution is 0.311. The van der Waals surface area contributed by atoms with Crippen molar-refractivity contribution in [1.29, 1.82) is 0 Å². The van der Waals surface area contributed by atoms with E-state index in [2.05, 4.69) is 10.6 Å². The average molecular weight is 304 g/mol. The number of rotatable bonds is 4. The molecule has 3 nitrogen and oxygen atoms in total. The van der Waals surface area contributed by atoms with Gasteiger partial charge in [-0.15, -0.1) is 0 Å². The number of aliphatic hydroxyl groups excluding tert-OH is 1. The van der Waals surface area contributed by atoms with Gasteiger partial charge in [0.05, 0.1) is 38.1 Å². The molecule has 1 aromatic carbocycles. The van der Waals surface area contributed by atoms with Gasteiger partial charge in [0.1, 0.15) is 0 Å². The fraction of sp³-hybridized carbons (Fsp3) is 0.333. The summed E-state index contributed by atoms with van der Waals surface area (Å²) in [5.74, 6) is 0. The summed E-state index contributed by atoms with van der Waals surface area (Å²) in [7, 11) is 1.69. The second kappa shape index (κ2) is 6.03. The monoisotopic (exact) mass is 302 g/mol. The lowest BCUT2D eigenvalue weighted by Crippen LogP contribution is -2.08. The molecule has 0 aliphatic carbocycles. The van der Waals surface area contributed by atoms with E-state index in [9.17, 15) is 0 Å². The third kappa shape index (κ3) is 2.60. The highest BCUT2D eigenvalue weighted by Crippen LogP contribution is 2.47. The largest absolute Gasteiger partial charge is 0.395 e. The molecule has 0 amide bonds. The topological polar surface area (TPSA) is 44.3 Å². The third-order valence-corrected chi connectivity index (χ3v) is 3.73. The van der Waals surface area contributed by atoms with Gasteiger partial charge in [-0.25, -0.2) is 0 Å². The Morgan fingerprint density at radius 1 is 0.938 bits per heavy atom. The number of anilines is 2. The Labute approximate surface area is 114 Å². The number of nitrogens with one attached hydrogen (secondary N) is 2. The first-order valence-electron chi connectivity index (χ1n) is 4.43. The van der Waals surface area contributed by atoms with E-state index in [1.807, 2.05) is 0 Å². The number of benzene rings is 1. The minimum atomic E-state index is -0.0304. The Bertz CT molecular complexity index is 398. The van der Waals surface area contributed by atoms with Crippen molar-refractivity contribution in [3.05, 3.63) is 20.1 Å². The summed E-state index contributed by atoms with van der Waals surface area (Å²) < 4.78 is 0. The lowest BCUT2D eigenvalue weighted by Gasteiger charge is -2.17. The Hall–Kier alpha value is -0.0600. The Balaban J connectivity index is 3.33. The van der Waals surface area contributed by atoms with Gasteiger partial charge >= 0.3 is 0 Å². The third-order valence-electron chi connectivity index (χ3n) is 1.93. The number of halogens is 4. The second-order valence-electron chi connectivity index (χ2n) is 2.91. The molecule has 7 heteroatoms. The van der Waals surface area contributed by atoms with E-state index in [1.165, 1.54) is 0 Å². The highest BCUT2D eigenvalue weighted by molar-refractivity contribution is 6.54. The van der Waals surface area contributed by atoms with Crippen molar-refractivity contribution in [2.45, 2.75) is 0 Å². The van der Waals surface area contributed by atoms with Crippen molar-refractivity contribution in [3.8, 4) is 0 Å². The number of aliphatic hydroxyl groups is 1. The molecule has 0 atom stereocenters. The van der Waals surface area contributed by atoms with E-state index < -0.39 is 0 Å². The van der Waals surface area contributed by atoms with E-state index in [0.717, 1.165) is 0 Å². The molecular weight excluding hydrogens is 294 g/mol. The maximum atomic E-state index is 8.76. The van der Waals surface area contributed by atoms with Crippen LogP contribution in [0.15, 0.2) is 0 Å². The average Bonchev–Trinajstić information content (AvgIpc) is 2.29. The van der Waals surface area contributed by atoms with Gasteiger partial charge in [-0.3, -0.25) is 0 Å². The molecular formula is C9H10Cl4N2O. The van der Waals surface area contributed by atoms with Crippen LogP contribution in [0.4, 0.5) is 11.4 Å². The fourth-order valence-corrected chi connectivity index (χ4v) is 2.23. The predicted octanol–water partition coefficient (Wildman–Crippen LogP) is 3.75. The molecule has 90 valence electrons. The molecule has 0 aromatic heterocycles. The van der Waals surface area contributed by atoms with Gasteiger partial charge < -0.3 is 15.7 Å². The van der Waals surface area contributed by atoms with E-state index in [-0.39, 0.29) is 21.7 Å². The van der Waals surface area contributed by atoms with Crippen molar-refractivity contribution in [2.75, 3.05) is 30.8 Å². The second-order valence-corrected chi connectivity index (χ2v) is 4.42. The zero-order chi connectivity index (χ0) is 12.3. The molecule has 16 heavy (non-hydrogen) atoms. The molecule has 0 heterocycles. The van der Waals surface area contributed by atoms with Gasteiger partial charge in [-0.2, -0.15) is 0 Å². The van der Waals surface area contributed by atoms with Crippen LogP contribution in [-0.4, -0.2) is 25.3 Å². The van der Waals surface area contributed by atoms with Gasteiger partial charge in [0.25, 0.3) is 0 Å². The maximum Gasteiger partial charge on any atom is 0.0861 e. The van der Waals surface area contributed by atoms with Crippen LogP contribution in [0.1, 0.15) is 0 Å². The van der Waals surface area contributed by atoms with E-state index in [4.69, 9.17) is 51.5 Å². The van der Waals surface area contributed by atoms with Crippen LogP contribution in [0.25, 0.3) is 0 Å². The van der Waals surface area contributed by atoms with Crippen LogP contribution < -0.4 is 10.6 Å². The smallest absolute Gasteiger partial charge is 0.0861 e. The molecule has 0 spiro atoms. The summed E-state index contributed by atoms with van der Waals surface area (Å²) in [6.07, 6.45) is 0. The van der Waals surface area contributed by atoms with Crippen LogP contribution in [0.2, 0.25) is 20.1 Å². The minimum Gasteiger partial charge on any atom is -0.395 e. The molecule has 3 N–H and O–H groups in total. The van der Waals surface area contributed by atoms with Crippen LogP contribution in [0.3, 0.4) is 0 Å². The first-order valence-corrected chi connectivity index (χ1v) is 5.94. The van der Waals surface area contributed by atoms with E-state index in [1.54, 1.807) is 7.05 Å². The lowest BCUT2D eigenvalue weighted by atomic mass is 10.2.